The Balaban J connectivity index is 1.98. The molecule has 1 atom stereocenters. The van der Waals surface area contributed by atoms with Crippen molar-refractivity contribution in [2.45, 2.75) is 31.6 Å². The van der Waals surface area contributed by atoms with Crippen LogP contribution in [-0.4, -0.2) is 50.8 Å². The minimum absolute atomic E-state index is 0.0597. The lowest BCUT2D eigenvalue weighted by Gasteiger charge is -2.30. The van der Waals surface area contributed by atoms with Crippen molar-refractivity contribution in [1.29, 1.82) is 0 Å². The number of rotatable bonds is 6. The van der Waals surface area contributed by atoms with Crippen LogP contribution < -0.4 is 5.32 Å². The number of benzene rings is 1. The standard InChI is InChI=1S/C17H24N2O5S/c1-13-4-3-10-19(12-13)25(22,23)16-7-5-15(6-8-16)17(21)24-11-9-18-14(2)20/h5-8,13H,3-4,9-12H2,1-2H3,(H,18,20)/t13-/m0/s1. The van der Waals surface area contributed by atoms with Crippen molar-refractivity contribution in [3.05, 3.63) is 29.8 Å². The maximum Gasteiger partial charge on any atom is 0.338 e. The molecule has 1 aromatic rings. The lowest BCUT2D eigenvalue weighted by atomic mass is 10.0. The second kappa shape index (κ2) is 8.44. The molecule has 1 N–H and O–H groups in total. The van der Waals surface area contributed by atoms with Gasteiger partial charge in [0.05, 0.1) is 17.0 Å². The lowest BCUT2D eigenvalue weighted by molar-refractivity contribution is -0.119. The highest BCUT2D eigenvalue weighted by Crippen LogP contribution is 2.23. The average molecular weight is 368 g/mol. The Bertz CT molecular complexity index is 715. The average Bonchev–Trinajstić information content (AvgIpc) is 2.58. The second-order valence-electron chi connectivity index (χ2n) is 6.25. The van der Waals surface area contributed by atoms with E-state index >= 15 is 0 Å². The van der Waals surface area contributed by atoms with Gasteiger partial charge in [-0.15, -0.1) is 0 Å². The molecule has 0 aliphatic carbocycles. The fourth-order valence-electron chi connectivity index (χ4n) is 2.73. The van der Waals surface area contributed by atoms with Gasteiger partial charge in [-0.05, 0) is 43.0 Å². The molecular formula is C17H24N2O5S. The molecule has 0 spiro atoms. The summed E-state index contributed by atoms with van der Waals surface area (Å²) in [6.45, 7) is 4.77. The summed E-state index contributed by atoms with van der Waals surface area (Å²) in [5.41, 5.74) is 0.272. The van der Waals surface area contributed by atoms with Crippen molar-refractivity contribution in [2.75, 3.05) is 26.2 Å². The molecule has 8 heteroatoms. The number of hydrogen-bond donors (Lipinski definition) is 1. The number of sulfonamides is 1. The molecule has 7 nitrogen and oxygen atoms in total. The minimum atomic E-state index is -3.53. The molecule has 1 aliphatic rings. The normalized spacial score (nSPS) is 18.6. The first-order valence-corrected chi connectivity index (χ1v) is 9.76. The van der Waals surface area contributed by atoms with Crippen LogP contribution in [0.1, 0.15) is 37.0 Å². The molecule has 1 saturated heterocycles. The van der Waals surface area contributed by atoms with Crippen LogP contribution in [-0.2, 0) is 19.6 Å². The van der Waals surface area contributed by atoms with Crippen LogP contribution in [0.3, 0.4) is 0 Å². The SMILES string of the molecule is CC(=O)NCCOC(=O)c1ccc(S(=O)(=O)N2CCC[C@H](C)C2)cc1. The molecule has 25 heavy (non-hydrogen) atoms. The fourth-order valence-corrected chi connectivity index (χ4v) is 4.33. The van der Waals surface area contributed by atoms with Gasteiger partial charge in [-0.25, -0.2) is 13.2 Å². The van der Waals surface area contributed by atoms with E-state index in [0.29, 0.717) is 19.0 Å². The first kappa shape index (κ1) is 19.4. The topological polar surface area (TPSA) is 92.8 Å². The summed E-state index contributed by atoms with van der Waals surface area (Å²) in [5.74, 6) is -0.403. The van der Waals surface area contributed by atoms with Crippen LogP contribution in [0.25, 0.3) is 0 Å². The van der Waals surface area contributed by atoms with Crippen molar-refractivity contribution in [3.8, 4) is 0 Å². The number of carbonyl (C=O) groups excluding carboxylic acids is 2. The third kappa shape index (κ3) is 5.27. The molecule has 1 heterocycles. The van der Waals surface area contributed by atoms with Gasteiger partial charge in [0, 0.05) is 20.0 Å². The van der Waals surface area contributed by atoms with E-state index in [4.69, 9.17) is 4.74 Å². The van der Waals surface area contributed by atoms with Gasteiger partial charge in [-0.2, -0.15) is 4.31 Å². The van der Waals surface area contributed by atoms with E-state index in [-0.39, 0.29) is 29.5 Å². The van der Waals surface area contributed by atoms with Crippen LogP contribution in [0, 0.1) is 5.92 Å². The van der Waals surface area contributed by atoms with Crippen molar-refractivity contribution in [1.82, 2.24) is 9.62 Å². The summed E-state index contributed by atoms with van der Waals surface area (Å²) in [6, 6.07) is 5.75. The van der Waals surface area contributed by atoms with Gasteiger partial charge in [0.25, 0.3) is 0 Å². The fraction of sp³-hybridized carbons (Fsp3) is 0.529. The summed E-state index contributed by atoms with van der Waals surface area (Å²) >= 11 is 0. The lowest BCUT2D eigenvalue weighted by Crippen LogP contribution is -2.39. The number of nitrogens with zero attached hydrogens (tertiary/aromatic N) is 1. The molecule has 0 saturated carbocycles. The van der Waals surface area contributed by atoms with Gasteiger partial charge in [0.1, 0.15) is 6.61 Å². The summed E-state index contributed by atoms with van der Waals surface area (Å²) in [5, 5.41) is 2.52. The Morgan fingerprint density at radius 2 is 1.96 bits per heavy atom. The third-order valence-electron chi connectivity index (χ3n) is 4.06. The zero-order chi connectivity index (χ0) is 18.4. The number of esters is 1. The van der Waals surface area contributed by atoms with E-state index in [1.807, 2.05) is 6.92 Å². The number of ether oxygens (including phenoxy) is 1. The van der Waals surface area contributed by atoms with Crippen molar-refractivity contribution < 1.29 is 22.7 Å². The predicted molar refractivity (Wildman–Crippen MR) is 92.6 cm³/mol. The van der Waals surface area contributed by atoms with E-state index in [2.05, 4.69) is 5.32 Å². The Kier molecular flexibility index (Phi) is 6.55. The Labute approximate surface area is 148 Å². The van der Waals surface area contributed by atoms with Crippen LogP contribution in [0.4, 0.5) is 0 Å². The quantitative estimate of drug-likeness (QED) is 0.605. The van der Waals surface area contributed by atoms with E-state index in [9.17, 15) is 18.0 Å². The molecule has 0 bridgehead atoms. The number of piperidine rings is 1. The first-order chi connectivity index (χ1) is 11.8. The summed E-state index contributed by atoms with van der Waals surface area (Å²) < 4.78 is 31.8. The van der Waals surface area contributed by atoms with Gasteiger partial charge in [0.15, 0.2) is 0 Å². The maximum absolute atomic E-state index is 12.7. The number of amides is 1. The van der Waals surface area contributed by atoms with Crippen LogP contribution in [0.15, 0.2) is 29.2 Å². The second-order valence-corrected chi connectivity index (χ2v) is 8.19. The van der Waals surface area contributed by atoms with E-state index < -0.39 is 16.0 Å². The molecule has 1 aliphatic heterocycles. The molecule has 1 fully saturated rings. The van der Waals surface area contributed by atoms with E-state index in [1.54, 1.807) is 0 Å². The molecule has 0 unspecified atom stereocenters. The van der Waals surface area contributed by atoms with Crippen LogP contribution in [0.2, 0.25) is 0 Å². The highest BCUT2D eigenvalue weighted by Gasteiger charge is 2.28. The summed E-state index contributed by atoms with van der Waals surface area (Å²) in [6.07, 6.45) is 1.90. The molecule has 1 aromatic carbocycles. The van der Waals surface area contributed by atoms with Gasteiger partial charge in [0.2, 0.25) is 15.9 Å². The molecule has 0 radical (unpaired) electrons. The largest absolute Gasteiger partial charge is 0.460 e. The van der Waals surface area contributed by atoms with E-state index in [0.717, 1.165) is 12.8 Å². The Morgan fingerprint density at radius 1 is 1.28 bits per heavy atom. The Morgan fingerprint density at radius 3 is 2.56 bits per heavy atom. The van der Waals surface area contributed by atoms with Gasteiger partial charge >= 0.3 is 5.97 Å². The van der Waals surface area contributed by atoms with Crippen molar-refractivity contribution >= 4 is 21.9 Å². The molecule has 1 amide bonds. The summed E-state index contributed by atoms with van der Waals surface area (Å²) in [7, 11) is -3.53. The zero-order valence-corrected chi connectivity index (χ0v) is 15.3. The monoisotopic (exact) mass is 368 g/mol. The molecular weight excluding hydrogens is 344 g/mol. The van der Waals surface area contributed by atoms with Gasteiger partial charge in [-0.3, -0.25) is 4.79 Å². The van der Waals surface area contributed by atoms with Crippen LogP contribution in [0.5, 0.6) is 0 Å². The van der Waals surface area contributed by atoms with Crippen molar-refractivity contribution in [2.24, 2.45) is 5.92 Å². The zero-order valence-electron chi connectivity index (χ0n) is 14.5. The smallest absolute Gasteiger partial charge is 0.338 e. The highest BCUT2D eigenvalue weighted by atomic mass is 32.2. The first-order valence-electron chi connectivity index (χ1n) is 8.32. The van der Waals surface area contributed by atoms with Crippen LogP contribution >= 0.6 is 0 Å². The number of carbonyl (C=O) groups is 2. The van der Waals surface area contributed by atoms with E-state index in [1.165, 1.54) is 35.5 Å². The van der Waals surface area contributed by atoms with Gasteiger partial charge < -0.3 is 10.1 Å². The Hall–Kier alpha value is -1.93. The minimum Gasteiger partial charge on any atom is -0.460 e. The summed E-state index contributed by atoms with van der Waals surface area (Å²) in [4.78, 5) is 22.8. The molecule has 138 valence electrons. The predicted octanol–water partition coefficient (Wildman–Crippen LogP) is 1.40. The number of nitrogens with one attached hydrogen (secondary N) is 1. The highest BCUT2D eigenvalue weighted by molar-refractivity contribution is 7.89. The number of hydrogen-bond acceptors (Lipinski definition) is 5. The molecule has 2 rings (SSSR count). The van der Waals surface area contributed by atoms with Gasteiger partial charge in [-0.1, -0.05) is 6.92 Å². The van der Waals surface area contributed by atoms with Crippen molar-refractivity contribution in [3.63, 3.8) is 0 Å². The maximum atomic E-state index is 12.7. The molecule has 0 aromatic heterocycles. The third-order valence-corrected chi connectivity index (χ3v) is 5.94.